The van der Waals surface area contributed by atoms with E-state index < -0.39 is 24.3 Å². The van der Waals surface area contributed by atoms with Gasteiger partial charge in [-0.2, -0.15) is 0 Å². The van der Waals surface area contributed by atoms with E-state index in [0.717, 1.165) is 83.5 Å². The lowest BCUT2D eigenvalue weighted by molar-refractivity contribution is -0.870. The molecule has 0 amide bonds. The van der Waals surface area contributed by atoms with E-state index in [4.69, 9.17) is 18.9 Å². The van der Waals surface area contributed by atoms with Gasteiger partial charge in [0.1, 0.15) is 13.2 Å². The van der Waals surface area contributed by atoms with Crippen molar-refractivity contribution in [2.45, 2.75) is 360 Å². The molecule has 0 bridgehead atoms. The van der Waals surface area contributed by atoms with Crippen LogP contribution in [0.2, 0.25) is 0 Å². The van der Waals surface area contributed by atoms with Crippen LogP contribution in [0, 0.1) is 0 Å². The number of carbonyl (C=O) groups is 3. The average Bonchev–Trinajstić information content (AvgIpc) is 3.66. The maximum Gasteiger partial charge on any atom is 0.306 e. The van der Waals surface area contributed by atoms with Crippen LogP contribution in [0.5, 0.6) is 0 Å². The van der Waals surface area contributed by atoms with Gasteiger partial charge in [0.2, 0.25) is 0 Å². The number of likely N-dealkylation sites (N-methyl/N-ethyl adjacent to an activating group) is 1. The van der Waals surface area contributed by atoms with Crippen molar-refractivity contribution in [3.05, 3.63) is 97.2 Å². The van der Waals surface area contributed by atoms with Crippen molar-refractivity contribution in [2.24, 2.45) is 0 Å². The van der Waals surface area contributed by atoms with Crippen LogP contribution >= 0.6 is 0 Å². The van der Waals surface area contributed by atoms with Crippen molar-refractivity contribution >= 4 is 17.9 Å². The molecular weight excluding hydrogens is 1130 g/mol. The maximum absolute atomic E-state index is 13.0. The second kappa shape index (κ2) is 72.0. The summed E-state index contributed by atoms with van der Waals surface area (Å²) in [6, 6.07) is 0. The third-order valence-electron chi connectivity index (χ3n) is 16.8. The molecule has 0 aromatic heterocycles. The fraction of sp³-hybridized carbons (Fsp3) is 0.768. The van der Waals surface area contributed by atoms with Gasteiger partial charge in [-0.05, 0) is 96.3 Å². The van der Waals surface area contributed by atoms with Crippen molar-refractivity contribution in [3.63, 3.8) is 0 Å². The van der Waals surface area contributed by atoms with Gasteiger partial charge in [-0.25, -0.2) is 0 Å². The fourth-order valence-electron chi connectivity index (χ4n) is 11.0. The molecule has 526 valence electrons. The molecule has 2 unspecified atom stereocenters. The monoisotopic (exact) mass is 1270 g/mol. The van der Waals surface area contributed by atoms with Crippen LogP contribution in [0.1, 0.15) is 348 Å². The van der Waals surface area contributed by atoms with Crippen LogP contribution in [0.25, 0.3) is 0 Å². The first-order valence-electron chi connectivity index (χ1n) is 38.4. The molecule has 9 nitrogen and oxygen atoms in total. The number of hydrogen-bond acceptors (Lipinski definition) is 8. The van der Waals surface area contributed by atoms with Crippen molar-refractivity contribution in [3.8, 4) is 0 Å². The summed E-state index contributed by atoms with van der Waals surface area (Å²) in [6.07, 6.45) is 96.6. The summed E-state index contributed by atoms with van der Waals surface area (Å²) in [5, 5.41) is 11.8. The van der Waals surface area contributed by atoms with Gasteiger partial charge >= 0.3 is 11.9 Å². The van der Waals surface area contributed by atoms with Crippen LogP contribution < -0.4 is 5.11 Å². The average molecular weight is 1270 g/mol. The molecule has 0 fully saturated rings. The molecule has 0 spiro atoms. The number of carboxylic acid groups (broad SMARTS) is 1. The number of unbranched alkanes of at least 4 members (excludes halogenated alkanes) is 40. The lowest BCUT2D eigenvalue weighted by atomic mass is 10.0. The summed E-state index contributed by atoms with van der Waals surface area (Å²) >= 11 is 0. The van der Waals surface area contributed by atoms with Gasteiger partial charge in [-0.3, -0.25) is 9.59 Å². The van der Waals surface area contributed by atoms with Crippen LogP contribution in [0.4, 0.5) is 0 Å². The van der Waals surface area contributed by atoms with Crippen molar-refractivity contribution in [1.29, 1.82) is 0 Å². The van der Waals surface area contributed by atoms with E-state index in [2.05, 4.69) is 111 Å². The van der Waals surface area contributed by atoms with Crippen LogP contribution in [0.3, 0.4) is 0 Å². The molecule has 2 atom stereocenters. The van der Waals surface area contributed by atoms with Gasteiger partial charge in [0.15, 0.2) is 12.4 Å². The number of aliphatic carboxylic acids is 1. The third-order valence-corrected chi connectivity index (χ3v) is 16.8. The molecule has 0 saturated heterocycles. The Morgan fingerprint density at radius 3 is 0.934 bits per heavy atom. The molecule has 0 heterocycles. The van der Waals surface area contributed by atoms with E-state index in [1.165, 1.54) is 231 Å². The Bertz CT molecular complexity index is 1820. The quantitative estimate of drug-likeness (QED) is 0.0195. The molecule has 0 aliphatic carbocycles. The van der Waals surface area contributed by atoms with Gasteiger partial charge in [-0.1, -0.05) is 336 Å². The third kappa shape index (κ3) is 73.5. The molecule has 0 N–H and O–H groups in total. The highest BCUT2D eigenvalue weighted by molar-refractivity contribution is 5.70. The Morgan fingerprint density at radius 1 is 0.341 bits per heavy atom. The minimum absolute atomic E-state index is 0.146. The van der Waals surface area contributed by atoms with Gasteiger partial charge in [0.25, 0.3) is 0 Å². The van der Waals surface area contributed by atoms with E-state index >= 15 is 0 Å². The topological polar surface area (TPSA) is 111 Å². The molecule has 0 aromatic carbocycles. The Balaban J connectivity index is 4.02. The van der Waals surface area contributed by atoms with Crippen molar-refractivity contribution in [2.75, 3.05) is 47.5 Å². The molecule has 0 saturated carbocycles. The Hall–Kier alpha value is -3.79. The number of carboxylic acids is 1. The maximum atomic E-state index is 13.0. The first kappa shape index (κ1) is 87.2. The number of allylic oxidation sites excluding steroid dienone is 16. The first-order chi connectivity index (χ1) is 44.6. The van der Waals surface area contributed by atoms with Gasteiger partial charge < -0.3 is 33.3 Å². The van der Waals surface area contributed by atoms with Gasteiger partial charge in [-0.15, -0.1) is 0 Å². The number of nitrogens with zero attached hydrogens (tertiary/aromatic N) is 1. The number of hydrogen-bond donors (Lipinski definition) is 0. The molecule has 0 aliphatic heterocycles. The summed E-state index contributed by atoms with van der Waals surface area (Å²) in [6.45, 7) is 4.66. The predicted molar refractivity (Wildman–Crippen MR) is 389 cm³/mol. The van der Waals surface area contributed by atoms with E-state index in [9.17, 15) is 19.5 Å². The second-order valence-corrected chi connectivity index (χ2v) is 26.9. The zero-order valence-electron chi connectivity index (χ0n) is 60.2. The predicted octanol–water partition coefficient (Wildman–Crippen LogP) is 23.0. The molecule has 0 aliphatic rings. The summed E-state index contributed by atoms with van der Waals surface area (Å²) in [4.78, 5) is 37.6. The number of carbonyl (C=O) groups excluding carboxylic acids is 3. The first-order valence-corrected chi connectivity index (χ1v) is 38.4. The van der Waals surface area contributed by atoms with Gasteiger partial charge in [0.05, 0.1) is 40.3 Å². The smallest absolute Gasteiger partial charge is 0.306 e. The zero-order valence-corrected chi connectivity index (χ0v) is 60.2. The van der Waals surface area contributed by atoms with Crippen molar-refractivity contribution < 1.29 is 42.9 Å². The minimum atomic E-state index is -1.63. The SMILES string of the molecule is CC/C=C\C/C=C\C/C=C\C/C=C\C/C=C\CCCCCCCCCCCCCCCC(=O)OC(COC(=O)CCCCCCCCCCCCCCCCCCCCCCCC/C=C\C/C=C\C/C=C\CCCCCCC)COC(OCC[N+](C)(C)C)C(=O)[O-]. The lowest BCUT2D eigenvalue weighted by Gasteiger charge is -2.26. The highest BCUT2D eigenvalue weighted by Crippen LogP contribution is 2.18. The molecular formula is C82H145NO8. The Kier molecular flexibility index (Phi) is 69.0. The molecule has 9 heteroatoms. The Morgan fingerprint density at radius 2 is 0.626 bits per heavy atom. The Labute approximate surface area is 562 Å². The van der Waals surface area contributed by atoms with E-state index in [0.29, 0.717) is 23.9 Å². The van der Waals surface area contributed by atoms with E-state index in [1.807, 2.05) is 21.1 Å². The van der Waals surface area contributed by atoms with Crippen LogP contribution in [0.15, 0.2) is 97.2 Å². The van der Waals surface area contributed by atoms with Crippen LogP contribution in [-0.2, 0) is 33.3 Å². The largest absolute Gasteiger partial charge is 0.545 e. The fourth-order valence-corrected chi connectivity index (χ4v) is 11.0. The number of ether oxygens (including phenoxy) is 4. The van der Waals surface area contributed by atoms with Crippen LogP contribution in [-0.4, -0.2) is 82.3 Å². The molecule has 0 rings (SSSR count). The summed E-state index contributed by atoms with van der Waals surface area (Å²) in [5.74, 6) is -2.27. The lowest BCUT2D eigenvalue weighted by Crippen LogP contribution is -2.44. The second-order valence-electron chi connectivity index (χ2n) is 26.9. The number of rotatable bonds is 71. The van der Waals surface area contributed by atoms with Crippen molar-refractivity contribution in [1.82, 2.24) is 0 Å². The molecule has 91 heavy (non-hydrogen) atoms. The zero-order chi connectivity index (χ0) is 66.1. The summed E-state index contributed by atoms with van der Waals surface area (Å²) in [7, 11) is 5.94. The number of esters is 2. The van der Waals surface area contributed by atoms with E-state index in [1.54, 1.807) is 0 Å². The van der Waals surface area contributed by atoms with E-state index in [-0.39, 0.29) is 32.2 Å². The minimum Gasteiger partial charge on any atom is -0.545 e. The molecule has 0 radical (unpaired) electrons. The summed E-state index contributed by atoms with van der Waals surface area (Å²) in [5.41, 5.74) is 0. The standard InChI is InChI=1S/C82H145NO8/c1-6-8-10-12-14-16-18-20-22-24-26-28-30-32-34-36-37-38-39-40-41-42-43-45-46-48-50-52-54-56-58-60-62-64-66-68-70-72-79(84)89-76-78(77-90-82(81(86)87)88-75-74-83(3,4)5)91-80(85)73-71-69-67-65-63-61-59-57-55-53-51-49-47-44-35-33-31-29-27-25-23-21-19-17-15-13-11-9-7-2/h9,11,15,17-18,20-21,23-24,26-27,29-30,32-33,35,78,82H,6-8,10,12-14,16,19,22,25,28,31,34,36-77H2,1-5H3/b11-9-,17-15-,20-18-,23-21-,26-24-,29-27-,32-30-,35-33-. The highest BCUT2D eigenvalue weighted by Gasteiger charge is 2.22. The molecule has 0 aromatic rings. The normalized spacial score (nSPS) is 13.2. The summed E-state index contributed by atoms with van der Waals surface area (Å²) < 4.78 is 22.9. The highest BCUT2D eigenvalue weighted by atomic mass is 16.7. The van der Waals surface area contributed by atoms with Gasteiger partial charge in [0, 0.05) is 12.8 Å². The number of quaternary nitrogens is 1.